The van der Waals surface area contributed by atoms with Gasteiger partial charge in [-0.25, -0.2) is 0 Å². The van der Waals surface area contributed by atoms with Gasteiger partial charge < -0.3 is 10.0 Å². The number of carbonyl (C=O) groups is 1. The summed E-state index contributed by atoms with van der Waals surface area (Å²) in [7, 11) is 0. The SMILES string of the molecule is C[C@@H](c1ccsc1)N1CCN(C(=O)Cc2ccc(O)cc2)CC1. The Balaban J connectivity index is 1.52. The van der Waals surface area contributed by atoms with Gasteiger partial charge in [0.05, 0.1) is 6.42 Å². The third-order valence-corrected chi connectivity index (χ3v) is 5.23. The van der Waals surface area contributed by atoms with Crippen LogP contribution in [0.2, 0.25) is 0 Å². The van der Waals surface area contributed by atoms with Crippen molar-refractivity contribution in [3.05, 3.63) is 52.2 Å². The molecule has 4 nitrogen and oxygen atoms in total. The Bertz CT molecular complexity index is 632. The molecule has 1 amide bonds. The number of aromatic hydroxyl groups is 1. The zero-order valence-electron chi connectivity index (χ0n) is 13.3. The normalized spacial score (nSPS) is 17.2. The lowest BCUT2D eigenvalue weighted by atomic mass is 10.1. The minimum atomic E-state index is 0.165. The molecular weight excluding hydrogens is 308 g/mol. The van der Waals surface area contributed by atoms with Gasteiger partial charge in [-0.2, -0.15) is 11.3 Å². The quantitative estimate of drug-likeness (QED) is 0.937. The summed E-state index contributed by atoms with van der Waals surface area (Å²) < 4.78 is 0. The maximum Gasteiger partial charge on any atom is 0.227 e. The molecule has 2 heterocycles. The molecule has 1 saturated heterocycles. The van der Waals surface area contributed by atoms with Gasteiger partial charge in [0.1, 0.15) is 5.75 Å². The van der Waals surface area contributed by atoms with E-state index >= 15 is 0 Å². The number of amides is 1. The number of phenolic OH excluding ortho intramolecular Hbond substituents is 1. The molecule has 2 aromatic rings. The molecule has 23 heavy (non-hydrogen) atoms. The number of phenols is 1. The number of rotatable bonds is 4. The molecule has 3 rings (SSSR count). The van der Waals surface area contributed by atoms with Crippen LogP contribution >= 0.6 is 11.3 Å². The van der Waals surface area contributed by atoms with Gasteiger partial charge in [-0.1, -0.05) is 12.1 Å². The van der Waals surface area contributed by atoms with Crippen LogP contribution in [-0.2, 0) is 11.2 Å². The van der Waals surface area contributed by atoms with Crippen LogP contribution in [0.15, 0.2) is 41.1 Å². The predicted molar refractivity (Wildman–Crippen MR) is 92.7 cm³/mol. The second kappa shape index (κ2) is 7.15. The number of thiophene rings is 1. The molecule has 0 aliphatic carbocycles. The van der Waals surface area contributed by atoms with E-state index in [0.717, 1.165) is 31.7 Å². The fraction of sp³-hybridized carbons (Fsp3) is 0.389. The standard InChI is InChI=1S/C18H22N2O2S/c1-14(16-6-11-23-13-16)19-7-9-20(10-8-19)18(22)12-15-2-4-17(21)5-3-15/h2-6,11,13-14,21H,7-10,12H2,1H3/t14-/m0/s1. The van der Waals surface area contributed by atoms with E-state index in [2.05, 4.69) is 28.7 Å². The molecule has 1 fully saturated rings. The Kier molecular flexibility index (Phi) is 4.98. The van der Waals surface area contributed by atoms with E-state index in [0.29, 0.717) is 12.5 Å². The van der Waals surface area contributed by atoms with E-state index in [1.54, 1.807) is 23.5 Å². The van der Waals surface area contributed by atoms with E-state index in [-0.39, 0.29) is 11.7 Å². The number of hydrogen-bond donors (Lipinski definition) is 1. The molecular formula is C18H22N2O2S. The van der Waals surface area contributed by atoms with Gasteiger partial charge in [0.2, 0.25) is 5.91 Å². The Morgan fingerprint density at radius 2 is 1.87 bits per heavy atom. The van der Waals surface area contributed by atoms with Crippen molar-refractivity contribution in [2.45, 2.75) is 19.4 Å². The number of hydrogen-bond acceptors (Lipinski definition) is 4. The fourth-order valence-corrected chi connectivity index (χ4v) is 3.73. The van der Waals surface area contributed by atoms with Crippen LogP contribution in [0.25, 0.3) is 0 Å². The summed E-state index contributed by atoms with van der Waals surface area (Å²) in [5, 5.41) is 13.6. The lowest BCUT2D eigenvalue weighted by Gasteiger charge is -2.38. The minimum absolute atomic E-state index is 0.165. The minimum Gasteiger partial charge on any atom is -0.508 e. The smallest absolute Gasteiger partial charge is 0.227 e. The van der Waals surface area contributed by atoms with Crippen molar-refractivity contribution in [2.75, 3.05) is 26.2 Å². The number of nitrogens with zero attached hydrogens (tertiary/aromatic N) is 2. The first-order chi connectivity index (χ1) is 11.1. The molecule has 5 heteroatoms. The van der Waals surface area contributed by atoms with Gasteiger partial charge in [0.15, 0.2) is 0 Å². The van der Waals surface area contributed by atoms with Crippen LogP contribution in [0, 0.1) is 0 Å². The van der Waals surface area contributed by atoms with Crippen LogP contribution in [0.3, 0.4) is 0 Å². The largest absolute Gasteiger partial charge is 0.508 e. The molecule has 1 aliphatic rings. The van der Waals surface area contributed by atoms with Crippen LogP contribution in [0.4, 0.5) is 0 Å². The first-order valence-corrected chi connectivity index (χ1v) is 8.89. The van der Waals surface area contributed by atoms with Crippen LogP contribution in [-0.4, -0.2) is 47.0 Å². The highest BCUT2D eigenvalue weighted by Crippen LogP contribution is 2.23. The van der Waals surface area contributed by atoms with Crippen molar-refractivity contribution in [1.82, 2.24) is 9.80 Å². The van der Waals surface area contributed by atoms with Crippen molar-refractivity contribution in [3.8, 4) is 5.75 Å². The molecule has 0 unspecified atom stereocenters. The Labute approximate surface area is 141 Å². The molecule has 1 atom stereocenters. The highest BCUT2D eigenvalue weighted by atomic mass is 32.1. The summed E-state index contributed by atoms with van der Waals surface area (Å²) in [6, 6.07) is 9.46. The van der Waals surface area contributed by atoms with E-state index < -0.39 is 0 Å². The monoisotopic (exact) mass is 330 g/mol. The first-order valence-electron chi connectivity index (χ1n) is 7.95. The van der Waals surface area contributed by atoms with E-state index in [4.69, 9.17) is 0 Å². The third kappa shape index (κ3) is 3.92. The fourth-order valence-electron chi connectivity index (χ4n) is 2.98. The molecule has 1 N–H and O–H groups in total. The van der Waals surface area contributed by atoms with Gasteiger partial charge in [-0.3, -0.25) is 9.69 Å². The summed E-state index contributed by atoms with van der Waals surface area (Å²) >= 11 is 1.73. The number of piperazine rings is 1. The molecule has 1 aromatic heterocycles. The second-order valence-corrected chi connectivity index (χ2v) is 6.77. The molecule has 0 saturated carbocycles. The zero-order chi connectivity index (χ0) is 16.2. The average molecular weight is 330 g/mol. The third-order valence-electron chi connectivity index (χ3n) is 4.53. The molecule has 0 bridgehead atoms. The summed E-state index contributed by atoms with van der Waals surface area (Å²) in [4.78, 5) is 16.8. The lowest BCUT2D eigenvalue weighted by Crippen LogP contribution is -2.49. The zero-order valence-corrected chi connectivity index (χ0v) is 14.1. The van der Waals surface area contributed by atoms with E-state index in [1.165, 1.54) is 5.56 Å². The van der Waals surface area contributed by atoms with Gasteiger partial charge >= 0.3 is 0 Å². The van der Waals surface area contributed by atoms with Crippen molar-refractivity contribution in [1.29, 1.82) is 0 Å². The summed E-state index contributed by atoms with van der Waals surface area (Å²) in [5.74, 6) is 0.399. The molecule has 1 aliphatic heterocycles. The summed E-state index contributed by atoms with van der Waals surface area (Å²) in [6.45, 7) is 5.63. The highest BCUT2D eigenvalue weighted by molar-refractivity contribution is 7.07. The highest BCUT2D eigenvalue weighted by Gasteiger charge is 2.24. The van der Waals surface area contributed by atoms with Crippen molar-refractivity contribution < 1.29 is 9.90 Å². The molecule has 122 valence electrons. The molecule has 1 aromatic carbocycles. The van der Waals surface area contributed by atoms with Crippen molar-refractivity contribution >= 4 is 17.2 Å². The Morgan fingerprint density at radius 3 is 2.48 bits per heavy atom. The summed E-state index contributed by atoms with van der Waals surface area (Å²) in [5.41, 5.74) is 2.31. The van der Waals surface area contributed by atoms with Crippen LogP contribution in [0.5, 0.6) is 5.75 Å². The number of carbonyl (C=O) groups excluding carboxylic acids is 1. The predicted octanol–water partition coefficient (Wildman–Crippen LogP) is 2.90. The van der Waals surface area contributed by atoms with Gasteiger partial charge in [0, 0.05) is 32.2 Å². The Morgan fingerprint density at radius 1 is 1.17 bits per heavy atom. The van der Waals surface area contributed by atoms with E-state index in [9.17, 15) is 9.90 Å². The number of benzene rings is 1. The molecule has 0 spiro atoms. The first kappa shape index (κ1) is 16.0. The van der Waals surface area contributed by atoms with Crippen LogP contribution < -0.4 is 0 Å². The van der Waals surface area contributed by atoms with Gasteiger partial charge in [-0.15, -0.1) is 0 Å². The van der Waals surface area contributed by atoms with Gasteiger partial charge in [0.25, 0.3) is 0 Å². The maximum absolute atomic E-state index is 12.4. The Hall–Kier alpha value is -1.85. The summed E-state index contributed by atoms with van der Waals surface area (Å²) in [6.07, 6.45) is 0.403. The second-order valence-electron chi connectivity index (χ2n) is 5.99. The van der Waals surface area contributed by atoms with Crippen molar-refractivity contribution in [3.63, 3.8) is 0 Å². The lowest BCUT2D eigenvalue weighted by molar-refractivity contribution is -0.132. The topological polar surface area (TPSA) is 43.8 Å². The maximum atomic E-state index is 12.4. The van der Waals surface area contributed by atoms with Crippen molar-refractivity contribution in [2.24, 2.45) is 0 Å². The average Bonchev–Trinajstić information content (AvgIpc) is 3.11. The molecule has 0 radical (unpaired) electrons. The van der Waals surface area contributed by atoms with Crippen LogP contribution in [0.1, 0.15) is 24.1 Å². The van der Waals surface area contributed by atoms with E-state index in [1.807, 2.05) is 17.0 Å². The van der Waals surface area contributed by atoms with Gasteiger partial charge in [-0.05, 0) is 47.0 Å².